The Labute approximate surface area is 215 Å². The molecule has 1 aromatic heterocycles. The summed E-state index contributed by atoms with van der Waals surface area (Å²) < 4.78 is 10.5. The summed E-state index contributed by atoms with van der Waals surface area (Å²) >= 11 is 0. The minimum Gasteiger partial charge on any atom is -0.497 e. The van der Waals surface area contributed by atoms with Crippen molar-refractivity contribution in [2.75, 3.05) is 30.7 Å². The lowest BCUT2D eigenvalue weighted by molar-refractivity contribution is -0.116. The van der Waals surface area contributed by atoms with Crippen molar-refractivity contribution in [3.05, 3.63) is 84.1 Å². The lowest BCUT2D eigenvalue weighted by Gasteiger charge is -2.36. The highest BCUT2D eigenvalue weighted by Crippen LogP contribution is 2.32. The highest BCUT2D eigenvalue weighted by atomic mass is 16.5. The zero-order valence-corrected chi connectivity index (χ0v) is 20.8. The second kappa shape index (κ2) is 10.2. The second-order valence-corrected chi connectivity index (χ2v) is 8.63. The molecule has 0 bridgehead atoms. The third kappa shape index (κ3) is 4.68. The molecule has 0 saturated carbocycles. The molecule has 0 spiro atoms. The molecule has 9 heteroatoms. The van der Waals surface area contributed by atoms with Gasteiger partial charge in [-0.2, -0.15) is 4.98 Å². The molecule has 2 aromatic carbocycles. The molecule has 188 valence electrons. The first-order valence-electron chi connectivity index (χ1n) is 11.9. The van der Waals surface area contributed by atoms with Gasteiger partial charge in [-0.05, 0) is 42.0 Å². The molecule has 2 aliphatic rings. The van der Waals surface area contributed by atoms with E-state index in [1.165, 1.54) is 11.8 Å². The topological polar surface area (TPSA) is 96.9 Å². The number of ether oxygens (including phenoxy) is 2. The van der Waals surface area contributed by atoms with Gasteiger partial charge in [0.05, 0.1) is 26.6 Å². The Morgan fingerprint density at radius 1 is 1.05 bits per heavy atom. The quantitative estimate of drug-likeness (QED) is 0.552. The van der Waals surface area contributed by atoms with Crippen molar-refractivity contribution >= 4 is 34.7 Å². The number of methoxy groups -OCH3 is 2. The second-order valence-electron chi connectivity index (χ2n) is 8.63. The van der Waals surface area contributed by atoms with Crippen LogP contribution in [0.1, 0.15) is 18.1 Å². The molecule has 3 aromatic rings. The molecule has 1 aliphatic carbocycles. The average Bonchev–Trinajstić information content (AvgIpc) is 2.93. The number of anilines is 3. The summed E-state index contributed by atoms with van der Waals surface area (Å²) in [6.45, 7) is 2.44. The van der Waals surface area contributed by atoms with Crippen LogP contribution in [-0.4, -0.2) is 48.6 Å². The van der Waals surface area contributed by atoms with Crippen LogP contribution in [0.5, 0.6) is 11.5 Å². The predicted octanol–water partition coefficient (Wildman–Crippen LogP) is 3.64. The number of fused-ring (bicyclic) bond motifs is 1. The number of rotatable bonds is 6. The van der Waals surface area contributed by atoms with E-state index in [-0.39, 0.29) is 17.6 Å². The third-order valence-electron chi connectivity index (χ3n) is 6.37. The molecule has 1 N–H and O–H groups in total. The van der Waals surface area contributed by atoms with Gasteiger partial charge in [0.25, 0.3) is 0 Å². The number of carbonyl (C=O) groups excluding carboxylic acids is 2. The maximum absolute atomic E-state index is 13.7. The van der Waals surface area contributed by atoms with E-state index in [0.29, 0.717) is 36.0 Å². The van der Waals surface area contributed by atoms with Crippen LogP contribution in [0.15, 0.2) is 73.0 Å². The van der Waals surface area contributed by atoms with Crippen molar-refractivity contribution in [2.45, 2.75) is 19.5 Å². The van der Waals surface area contributed by atoms with Crippen molar-refractivity contribution < 1.29 is 19.1 Å². The number of hydrogen-bond acceptors (Lipinski definition) is 8. The summed E-state index contributed by atoms with van der Waals surface area (Å²) in [7, 11) is 3.20. The SMILES string of the molecule is COc1ccc(C2=CC=CC(N3CNCc4cnc(N(C(C)=O)c5ccc(OC)cc5)nc43)C2=O)cc1. The fraction of sp³-hybridized carbons (Fsp3) is 0.214. The molecule has 1 atom stereocenters. The van der Waals surface area contributed by atoms with Gasteiger partial charge >= 0.3 is 0 Å². The fourth-order valence-corrected chi connectivity index (χ4v) is 4.50. The molecule has 1 unspecified atom stereocenters. The van der Waals surface area contributed by atoms with Gasteiger partial charge in [0.15, 0.2) is 5.78 Å². The standard InChI is InChI=1S/C28H27N5O4/c1-18(34)33(21-9-13-23(37-3)14-10-21)28-30-16-20-15-29-17-32(27(20)31-28)25-6-4-5-24(26(25)35)19-7-11-22(36-2)12-8-19/h4-14,16,25,29H,15,17H2,1-3H3. The van der Waals surface area contributed by atoms with Crippen molar-refractivity contribution in [1.29, 1.82) is 0 Å². The Balaban J connectivity index is 1.48. The monoisotopic (exact) mass is 497 g/mol. The Hall–Kier alpha value is -4.50. The lowest BCUT2D eigenvalue weighted by atomic mass is 9.92. The van der Waals surface area contributed by atoms with Gasteiger partial charge in [0.1, 0.15) is 23.4 Å². The van der Waals surface area contributed by atoms with Crippen LogP contribution in [0.3, 0.4) is 0 Å². The van der Waals surface area contributed by atoms with E-state index in [4.69, 9.17) is 14.5 Å². The van der Waals surface area contributed by atoms with Crippen molar-refractivity contribution in [2.24, 2.45) is 0 Å². The maximum atomic E-state index is 13.7. The average molecular weight is 498 g/mol. The summed E-state index contributed by atoms with van der Waals surface area (Å²) in [5.41, 5.74) is 2.89. The molecule has 37 heavy (non-hydrogen) atoms. The van der Waals surface area contributed by atoms with Gasteiger partial charge in [-0.3, -0.25) is 14.9 Å². The van der Waals surface area contributed by atoms with E-state index in [2.05, 4.69) is 10.3 Å². The smallest absolute Gasteiger partial charge is 0.238 e. The van der Waals surface area contributed by atoms with Crippen LogP contribution >= 0.6 is 0 Å². The number of nitrogens with zero attached hydrogens (tertiary/aromatic N) is 4. The van der Waals surface area contributed by atoms with Gasteiger partial charge in [-0.15, -0.1) is 0 Å². The van der Waals surface area contributed by atoms with E-state index in [1.54, 1.807) is 44.7 Å². The van der Waals surface area contributed by atoms with Gasteiger partial charge < -0.3 is 14.4 Å². The summed E-state index contributed by atoms with van der Waals surface area (Å²) in [5, 5.41) is 3.32. The number of Topliss-reactive ketones (excluding diaryl/α,β-unsaturated/α-hetero) is 1. The molecule has 0 saturated heterocycles. The summed E-state index contributed by atoms with van der Waals surface area (Å²) in [6.07, 6.45) is 7.28. The lowest BCUT2D eigenvalue weighted by Crippen LogP contribution is -2.49. The fourth-order valence-electron chi connectivity index (χ4n) is 4.50. The number of allylic oxidation sites excluding steroid dienone is 2. The Morgan fingerprint density at radius 3 is 2.38 bits per heavy atom. The number of benzene rings is 2. The maximum Gasteiger partial charge on any atom is 0.238 e. The van der Waals surface area contributed by atoms with Crippen LogP contribution in [0.25, 0.3) is 5.57 Å². The van der Waals surface area contributed by atoms with Crippen LogP contribution in [0.2, 0.25) is 0 Å². The first-order chi connectivity index (χ1) is 18.0. The summed E-state index contributed by atoms with van der Waals surface area (Å²) in [6, 6.07) is 14.0. The Bertz CT molecular complexity index is 1380. The number of nitrogens with one attached hydrogen (secondary N) is 1. The van der Waals surface area contributed by atoms with Crippen LogP contribution < -0.4 is 24.6 Å². The molecule has 0 fully saturated rings. The van der Waals surface area contributed by atoms with Gasteiger partial charge in [0.2, 0.25) is 11.9 Å². The molecular formula is C28H27N5O4. The number of amides is 1. The molecule has 2 heterocycles. The minimum absolute atomic E-state index is 0.0407. The highest BCUT2D eigenvalue weighted by molar-refractivity contribution is 6.26. The predicted molar refractivity (Wildman–Crippen MR) is 141 cm³/mol. The normalized spacial score (nSPS) is 16.6. The largest absolute Gasteiger partial charge is 0.497 e. The molecular weight excluding hydrogens is 470 g/mol. The molecule has 5 rings (SSSR count). The van der Waals surface area contributed by atoms with Crippen LogP contribution in [0.4, 0.5) is 17.5 Å². The van der Waals surface area contributed by atoms with Crippen molar-refractivity contribution in [1.82, 2.24) is 15.3 Å². The van der Waals surface area contributed by atoms with E-state index < -0.39 is 6.04 Å². The molecule has 0 radical (unpaired) electrons. The van der Waals surface area contributed by atoms with Gasteiger partial charge in [-0.1, -0.05) is 30.4 Å². The van der Waals surface area contributed by atoms with Crippen molar-refractivity contribution in [3.63, 3.8) is 0 Å². The number of carbonyl (C=O) groups is 2. The van der Waals surface area contributed by atoms with Crippen molar-refractivity contribution in [3.8, 4) is 11.5 Å². The Kier molecular flexibility index (Phi) is 6.70. The molecule has 1 aliphatic heterocycles. The van der Waals surface area contributed by atoms with E-state index in [9.17, 15) is 9.59 Å². The third-order valence-corrected chi connectivity index (χ3v) is 6.37. The highest BCUT2D eigenvalue weighted by Gasteiger charge is 2.33. The van der Waals surface area contributed by atoms with Crippen LogP contribution in [0, 0.1) is 0 Å². The van der Waals surface area contributed by atoms with E-state index in [0.717, 1.165) is 16.9 Å². The minimum atomic E-state index is -0.567. The molecule has 9 nitrogen and oxygen atoms in total. The summed E-state index contributed by atoms with van der Waals surface area (Å²) in [4.78, 5) is 38.9. The van der Waals surface area contributed by atoms with Gasteiger partial charge in [0, 0.05) is 30.8 Å². The zero-order chi connectivity index (χ0) is 25.9. The Morgan fingerprint density at radius 2 is 1.73 bits per heavy atom. The number of hydrogen-bond donors (Lipinski definition) is 1. The van der Waals surface area contributed by atoms with E-state index in [1.807, 2.05) is 47.4 Å². The van der Waals surface area contributed by atoms with Crippen LogP contribution in [-0.2, 0) is 16.1 Å². The first kappa shape index (κ1) is 24.2. The number of aromatic nitrogens is 2. The molecule has 1 amide bonds. The number of ketones is 1. The van der Waals surface area contributed by atoms with E-state index >= 15 is 0 Å². The first-order valence-corrected chi connectivity index (χ1v) is 11.9. The zero-order valence-electron chi connectivity index (χ0n) is 20.8. The van der Waals surface area contributed by atoms with Gasteiger partial charge in [-0.25, -0.2) is 9.88 Å². The summed E-state index contributed by atoms with van der Waals surface area (Å²) in [5.74, 6) is 1.98.